The fourth-order valence-electron chi connectivity index (χ4n) is 3.82. The highest BCUT2D eigenvalue weighted by molar-refractivity contribution is 7.73. The standard InChI is InChI=1S/C20H26N2O4S2/c1-4-26-19(23)10-14-12-28-20(27)22(14)13-21-9-5-6-17(21)16-11-15(24-2)7-8-18(16)25-3/h7-8,11-12,17H,4-6,9-10,13H2,1-3H3/p+1/t17-/m0/s1. The van der Waals surface area contributed by atoms with E-state index in [1.54, 1.807) is 14.2 Å². The van der Waals surface area contributed by atoms with Crippen LogP contribution in [0.3, 0.4) is 0 Å². The van der Waals surface area contributed by atoms with E-state index >= 15 is 0 Å². The molecule has 0 aliphatic carbocycles. The number of methoxy groups -OCH3 is 2. The SMILES string of the molecule is CCOC(=O)Cc1csc(=S)n1C[NH+]1CCC[C@H]1c1cc(OC)ccc1OC. The van der Waals surface area contributed by atoms with Crippen LogP contribution in [0.5, 0.6) is 11.5 Å². The molecule has 8 heteroatoms. The summed E-state index contributed by atoms with van der Waals surface area (Å²) in [5.74, 6) is 1.49. The van der Waals surface area contributed by atoms with Crippen molar-refractivity contribution in [2.45, 2.75) is 38.9 Å². The molecule has 3 rings (SSSR count). The summed E-state index contributed by atoms with van der Waals surface area (Å²) in [7, 11) is 3.38. The Bertz CT molecular complexity index is 877. The molecule has 1 N–H and O–H groups in total. The van der Waals surface area contributed by atoms with Crippen molar-refractivity contribution >= 4 is 29.5 Å². The van der Waals surface area contributed by atoms with Crippen molar-refractivity contribution in [1.82, 2.24) is 4.57 Å². The van der Waals surface area contributed by atoms with Gasteiger partial charge in [-0.15, -0.1) is 11.3 Å². The number of nitrogens with zero attached hydrogens (tertiary/aromatic N) is 1. The molecule has 0 bridgehead atoms. The molecule has 0 saturated carbocycles. The van der Waals surface area contributed by atoms with E-state index in [4.69, 9.17) is 26.4 Å². The Labute approximate surface area is 174 Å². The van der Waals surface area contributed by atoms with Gasteiger partial charge in [-0.05, 0) is 37.3 Å². The van der Waals surface area contributed by atoms with Crippen LogP contribution in [0.25, 0.3) is 0 Å². The number of carbonyl (C=O) groups excluding carboxylic acids is 1. The first-order chi connectivity index (χ1) is 13.6. The number of hydrogen-bond acceptors (Lipinski definition) is 6. The van der Waals surface area contributed by atoms with Gasteiger partial charge in [-0.1, -0.05) is 0 Å². The van der Waals surface area contributed by atoms with E-state index in [1.165, 1.54) is 16.2 Å². The van der Waals surface area contributed by atoms with Gasteiger partial charge in [0.15, 0.2) is 10.6 Å². The Kier molecular flexibility index (Phi) is 7.09. The third-order valence-corrected chi connectivity index (χ3v) is 6.47. The molecule has 1 unspecified atom stereocenters. The second kappa shape index (κ2) is 9.54. The second-order valence-corrected chi connectivity index (χ2v) is 8.28. The lowest BCUT2D eigenvalue weighted by Gasteiger charge is -2.24. The first kappa shape index (κ1) is 20.8. The number of likely N-dealkylation sites (tertiary alicyclic amines) is 1. The molecule has 0 amide bonds. The molecule has 0 spiro atoms. The monoisotopic (exact) mass is 423 g/mol. The Morgan fingerprint density at radius 3 is 2.89 bits per heavy atom. The van der Waals surface area contributed by atoms with Crippen LogP contribution < -0.4 is 14.4 Å². The van der Waals surface area contributed by atoms with E-state index < -0.39 is 0 Å². The molecule has 0 radical (unpaired) electrons. The average Bonchev–Trinajstić information content (AvgIpc) is 3.29. The predicted octanol–water partition coefficient (Wildman–Crippen LogP) is 2.78. The molecule has 2 aromatic rings. The average molecular weight is 424 g/mol. The molecule has 2 heterocycles. The zero-order valence-corrected chi connectivity index (χ0v) is 18.2. The smallest absolute Gasteiger partial charge is 0.311 e. The van der Waals surface area contributed by atoms with Gasteiger partial charge in [0.05, 0.1) is 39.4 Å². The van der Waals surface area contributed by atoms with Crippen LogP contribution in [0.15, 0.2) is 23.6 Å². The van der Waals surface area contributed by atoms with E-state index in [1.807, 2.05) is 24.4 Å². The number of ether oxygens (including phenoxy) is 3. The van der Waals surface area contributed by atoms with Gasteiger partial charge in [0.25, 0.3) is 0 Å². The van der Waals surface area contributed by atoms with Crippen LogP contribution in [-0.4, -0.2) is 37.9 Å². The number of nitrogens with one attached hydrogen (secondary N) is 1. The van der Waals surface area contributed by atoms with Gasteiger partial charge in [-0.2, -0.15) is 0 Å². The number of quaternary nitrogens is 1. The highest BCUT2D eigenvalue weighted by atomic mass is 32.1. The van der Waals surface area contributed by atoms with Crippen LogP contribution in [0.2, 0.25) is 0 Å². The first-order valence-corrected chi connectivity index (χ1v) is 10.8. The van der Waals surface area contributed by atoms with Gasteiger partial charge >= 0.3 is 5.97 Å². The number of thiazole rings is 1. The van der Waals surface area contributed by atoms with Gasteiger partial charge in [0, 0.05) is 23.9 Å². The molecular formula is C20H27N2O4S2+. The maximum Gasteiger partial charge on any atom is 0.311 e. The summed E-state index contributed by atoms with van der Waals surface area (Å²) in [6.45, 7) is 3.97. The van der Waals surface area contributed by atoms with Gasteiger partial charge < -0.3 is 19.1 Å². The summed E-state index contributed by atoms with van der Waals surface area (Å²) in [5, 5.41) is 1.97. The first-order valence-electron chi connectivity index (χ1n) is 9.46. The van der Waals surface area contributed by atoms with Crippen molar-refractivity contribution in [2.75, 3.05) is 27.4 Å². The topological polar surface area (TPSA) is 54.1 Å². The molecule has 1 fully saturated rings. The summed E-state index contributed by atoms with van der Waals surface area (Å²) >= 11 is 7.04. The fraction of sp³-hybridized carbons (Fsp3) is 0.500. The zero-order valence-electron chi connectivity index (χ0n) is 16.5. The molecule has 2 atom stereocenters. The van der Waals surface area contributed by atoms with Crippen molar-refractivity contribution in [3.63, 3.8) is 0 Å². The minimum absolute atomic E-state index is 0.216. The Morgan fingerprint density at radius 2 is 2.18 bits per heavy atom. The van der Waals surface area contributed by atoms with Crippen LogP contribution in [-0.2, 0) is 22.6 Å². The lowest BCUT2D eigenvalue weighted by atomic mass is 10.0. The van der Waals surface area contributed by atoms with Crippen molar-refractivity contribution in [3.8, 4) is 11.5 Å². The summed E-state index contributed by atoms with van der Waals surface area (Å²) in [6.07, 6.45) is 2.45. The van der Waals surface area contributed by atoms with Crippen molar-refractivity contribution < 1.29 is 23.9 Å². The summed E-state index contributed by atoms with van der Waals surface area (Å²) < 4.78 is 19.0. The predicted molar refractivity (Wildman–Crippen MR) is 111 cm³/mol. The fourth-order valence-corrected chi connectivity index (χ4v) is 4.90. The number of hydrogen-bond donors (Lipinski definition) is 1. The van der Waals surface area contributed by atoms with Crippen molar-refractivity contribution in [2.24, 2.45) is 0 Å². The van der Waals surface area contributed by atoms with Crippen molar-refractivity contribution in [3.05, 3.63) is 38.8 Å². The number of aromatic nitrogens is 1. The van der Waals surface area contributed by atoms with Crippen LogP contribution in [0.1, 0.15) is 37.1 Å². The second-order valence-electron chi connectivity index (χ2n) is 6.77. The van der Waals surface area contributed by atoms with Gasteiger partial charge in [0.2, 0.25) is 0 Å². The van der Waals surface area contributed by atoms with Crippen LogP contribution >= 0.6 is 23.6 Å². The van der Waals surface area contributed by atoms with Crippen LogP contribution in [0, 0.1) is 3.95 Å². The van der Waals surface area contributed by atoms with E-state index in [0.717, 1.165) is 52.8 Å². The molecule has 6 nitrogen and oxygen atoms in total. The zero-order chi connectivity index (χ0) is 20.1. The highest BCUT2D eigenvalue weighted by Gasteiger charge is 2.33. The summed E-state index contributed by atoms with van der Waals surface area (Å²) in [6, 6.07) is 6.25. The molecule has 1 saturated heterocycles. The number of carbonyl (C=O) groups is 1. The number of benzene rings is 1. The van der Waals surface area contributed by atoms with Crippen LogP contribution in [0.4, 0.5) is 0 Å². The van der Waals surface area contributed by atoms with Gasteiger partial charge in [0.1, 0.15) is 17.5 Å². The molecule has 1 aliphatic heterocycles. The molecule has 152 valence electrons. The minimum Gasteiger partial charge on any atom is -0.497 e. The third-order valence-electron chi connectivity index (χ3n) is 5.15. The third kappa shape index (κ3) is 4.56. The molecule has 1 aromatic heterocycles. The minimum atomic E-state index is -0.216. The normalized spacial score (nSPS) is 18.8. The van der Waals surface area contributed by atoms with E-state index in [0.29, 0.717) is 12.6 Å². The summed E-state index contributed by atoms with van der Waals surface area (Å²) in [4.78, 5) is 13.4. The maximum atomic E-state index is 11.9. The van der Waals surface area contributed by atoms with Gasteiger partial charge in [-0.3, -0.25) is 9.36 Å². The largest absolute Gasteiger partial charge is 0.497 e. The lowest BCUT2D eigenvalue weighted by molar-refractivity contribution is -0.940. The molecular weight excluding hydrogens is 396 g/mol. The van der Waals surface area contributed by atoms with E-state index in [-0.39, 0.29) is 12.4 Å². The van der Waals surface area contributed by atoms with E-state index in [2.05, 4.69) is 10.6 Å². The number of rotatable bonds is 8. The quantitative estimate of drug-likeness (QED) is 0.523. The lowest BCUT2D eigenvalue weighted by Crippen LogP contribution is -3.09. The Balaban J connectivity index is 1.85. The number of esters is 1. The molecule has 1 aromatic carbocycles. The van der Waals surface area contributed by atoms with Gasteiger partial charge in [-0.25, -0.2) is 0 Å². The highest BCUT2D eigenvalue weighted by Crippen LogP contribution is 2.31. The van der Waals surface area contributed by atoms with Crippen molar-refractivity contribution in [1.29, 1.82) is 0 Å². The Hall–Kier alpha value is -1.90. The van der Waals surface area contributed by atoms with E-state index in [9.17, 15) is 4.79 Å². The summed E-state index contributed by atoms with van der Waals surface area (Å²) in [5.41, 5.74) is 2.08. The molecule has 1 aliphatic rings. The molecule has 28 heavy (non-hydrogen) atoms. The Morgan fingerprint density at radius 1 is 1.36 bits per heavy atom. The maximum absolute atomic E-state index is 11.9.